The van der Waals surface area contributed by atoms with E-state index in [1.165, 1.54) is 23.7 Å². The van der Waals surface area contributed by atoms with Crippen LogP contribution in [0.25, 0.3) is 0 Å². The molecular weight excluding hydrogens is 374 g/mol. The van der Waals surface area contributed by atoms with Gasteiger partial charge in [0.1, 0.15) is 0 Å². The highest BCUT2D eigenvalue weighted by atomic mass is 127. The van der Waals surface area contributed by atoms with Crippen LogP contribution in [-0.2, 0) is 0 Å². The first-order chi connectivity index (χ1) is 5.79. The predicted octanol–water partition coefficient (Wildman–Crippen LogP) is 3.13. The number of halogens is 2. The number of fused-ring (bicyclic) bond motifs is 4. The Labute approximate surface area is 101 Å². The lowest BCUT2D eigenvalue weighted by Crippen LogP contribution is -2.27. The minimum Gasteiger partial charge on any atom is -0.0820 e. The topological polar surface area (TPSA) is 0 Å². The fourth-order valence-electron chi connectivity index (χ4n) is 4.98. The highest BCUT2D eigenvalue weighted by Crippen LogP contribution is 2.75. The van der Waals surface area contributed by atoms with Crippen LogP contribution in [-0.4, -0.2) is 7.85 Å². The summed E-state index contributed by atoms with van der Waals surface area (Å²) in [4.78, 5) is 0. The summed E-state index contributed by atoms with van der Waals surface area (Å²) in [7, 11) is 0. The van der Waals surface area contributed by atoms with E-state index >= 15 is 0 Å². The summed E-state index contributed by atoms with van der Waals surface area (Å²) in [5.41, 5.74) is 0. The summed E-state index contributed by atoms with van der Waals surface area (Å²) < 4.78 is 2.15. The van der Waals surface area contributed by atoms with Gasteiger partial charge < -0.3 is 0 Å². The van der Waals surface area contributed by atoms with E-state index in [1.54, 1.807) is 12.8 Å². The third kappa shape index (κ3) is 0.607. The Morgan fingerprint density at radius 3 is 1.42 bits per heavy atom. The lowest BCUT2D eigenvalue weighted by molar-refractivity contribution is 0.146. The summed E-state index contributed by atoms with van der Waals surface area (Å²) in [5, 5.41) is 0. The molecule has 0 amide bonds. The molecule has 4 saturated carbocycles. The van der Waals surface area contributed by atoms with Crippen molar-refractivity contribution in [1.82, 2.24) is 0 Å². The zero-order chi connectivity index (χ0) is 8.03. The molecule has 4 aliphatic carbocycles. The van der Waals surface area contributed by atoms with Gasteiger partial charge in [0.05, 0.1) is 0 Å². The van der Waals surface area contributed by atoms with Gasteiger partial charge in [0.25, 0.3) is 0 Å². The van der Waals surface area contributed by atoms with Gasteiger partial charge in [-0.3, -0.25) is 0 Å². The number of hydrogen-bond acceptors (Lipinski definition) is 0. The summed E-state index contributed by atoms with van der Waals surface area (Å²) in [6, 6.07) is 0. The molecule has 8 atom stereocenters. The lowest BCUT2D eigenvalue weighted by atomic mass is 9.71. The van der Waals surface area contributed by atoms with Crippen molar-refractivity contribution in [2.45, 2.75) is 20.7 Å². The molecule has 0 aromatic heterocycles. The lowest BCUT2D eigenvalue weighted by Gasteiger charge is -2.33. The average Bonchev–Trinajstić information content (AvgIpc) is 2.68. The molecular formula is C10H12I2. The molecule has 0 saturated heterocycles. The third-order valence-electron chi connectivity index (χ3n) is 5.18. The van der Waals surface area contributed by atoms with Gasteiger partial charge in [-0.2, -0.15) is 0 Å². The summed E-state index contributed by atoms with van der Waals surface area (Å²) in [5.74, 6) is 6.99. The Bertz CT molecular complexity index is 226. The molecule has 4 bridgehead atoms. The molecule has 4 rings (SSSR count). The Balaban J connectivity index is 1.92. The predicted molar refractivity (Wildman–Crippen MR) is 65.8 cm³/mol. The molecule has 2 heteroatoms. The first-order valence-corrected chi connectivity index (χ1v) is 7.56. The Hall–Kier alpha value is 1.46. The number of rotatable bonds is 0. The standard InChI is InChI=1S/C10H12I2/c11-9-5-1-3-6-2-4(5)8(7(3)9)10(6)12/h3-10H,1-2H2/t3-,4+,5+,6-,7+,8-,9-,10+. The van der Waals surface area contributed by atoms with E-state index in [9.17, 15) is 0 Å². The van der Waals surface area contributed by atoms with E-state index < -0.39 is 0 Å². The molecule has 66 valence electrons. The highest BCUT2D eigenvalue weighted by Gasteiger charge is 2.71. The van der Waals surface area contributed by atoms with Crippen molar-refractivity contribution in [3.05, 3.63) is 0 Å². The van der Waals surface area contributed by atoms with Gasteiger partial charge in [-0.1, -0.05) is 45.2 Å². The van der Waals surface area contributed by atoms with E-state index in [-0.39, 0.29) is 0 Å². The summed E-state index contributed by atoms with van der Waals surface area (Å²) in [6.07, 6.45) is 3.23. The van der Waals surface area contributed by atoms with Gasteiger partial charge in [-0.05, 0) is 48.3 Å². The van der Waals surface area contributed by atoms with Crippen LogP contribution < -0.4 is 0 Å². The second-order valence-corrected chi connectivity index (χ2v) is 8.05. The smallest absolute Gasteiger partial charge is 0.0175 e. The minimum absolute atomic E-state index is 1.08. The van der Waals surface area contributed by atoms with Crippen molar-refractivity contribution in [1.29, 1.82) is 0 Å². The molecule has 0 spiro atoms. The van der Waals surface area contributed by atoms with Crippen molar-refractivity contribution >= 4 is 45.2 Å². The Morgan fingerprint density at radius 1 is 0.667 bits per heavy atom. The van der Waals surface area contributed by atoms with E-state index in [4.69, 9.17) is 0 Å². The van der Waals surface area contributed by atoms with Gasteiger partial charge in [0, 0.05) is 7.85 Å². The molecule has 0 heterocycles. The molecule has 0 aliphatic heterocycles. The molecule has 0 aromatic carbocycles. The molecule has 0 nitrogen and oxygen atoms in total. The third-order valence-corrected chi connectivity index (χ3v) is 8.68. The Morgan fingerprint density at radius 2 is 1.08 bits per heavy atom. The second-order valence-electron chi connectivity index (χ2n) is 5.17. The maximum absolute atomic E-state index is 2.77. The van der Waals surface area contributed by atoms with E-state index in [2.05, 4.69) is 45.2 Å². The maximum atomic E-state index is 2.77. The molecule has 4 fully saturated rings. The van der Waals surface area contributed by atoms with Crippen molar-refractivity contribution < 1.29 is 0 Å². The van der Waals surface area contributed by atoms with Crippen LogP contribution in [0, 0.1) is 35.5 Å². The fraction of sp³-hybridized carbons (Fsp3) is 1.00. The zero-order valence-corrected chi connectivity index (χ0v) is 11.1. The van der Waals surface area contributed by atoms with Crippen LogP contribution in [0.5, 0.6) is 0 Å². The normalized spacial score (nSPS) is 76.5. The van der Waals surface area contributed by atoms with E-state index in [0.717, 1.165) is 19.7 Å². The fourth-order valence-corrected chi connectivity index (χ4v) is 8.66. The van der Waals surface area contributed by atoms with E-state index in [1.807, 2.05) is 0 Å². The average molecular weight is 386 g/mol. The first kappa shape index (κ1) is 7.71. The molecule has 0 N–H and O–H groups in total. The Kier molecular flexibility index (Phi) is 1.39. The largest absolute Gasteiger partial charge is 0.0820 e. The van der Waals surface area contributed by atoms with Crippen LogP contribution in [0.2, 0.25) is 0 Å². The van der Waals surface area contributed by atoms with Crippen molar-refractivity contribution in [3.63, 3.8) is 0 Å². The first-order valence-electron chi connectivity index (χ1n) is 5.07. The minimum atomic E-state index is 1.08. The van der Waals surface area contributed by atoms with Crippen molar-refractivity contribution in [3.8, 4) is 0 Å². The van der Waals surface area contributed by atoms with Crippen LogP contribution >= 0.6 is 45.2 Å². The van der Waals surface area contributed by atoms with Crippen LogP contribution in [0.3, 0.4) is 0 Å². The molecule has 4 aliphatic rings. The van der Waals surface area contributed by atoms with Crippen LogP contribution in [0.1, 0.15) is 12.8 Å². The number of hydrogen-bond donors (Lipinski definition) is 0. The van der Waals surface area contributed by atoms with Crippen molar-refractivity contribution in [2.75, 3.05) is 0 Å². The molecule has 12 heavy (non-hydrogen) atoms. The van der Waals surface area contributed by atoms with Gasteiger partial charge in [-0.25, -0.2) is 0 Å². The van der Waals surface area contributed by atoms with Crippen LogP contribution in [0.15, 0.2) is 0 Å². The SMILES string of the molecule is I[C@@H]1[C@H]2C[C@@H]3[C@H]4C[C@@H]2[C@@H]([C@H]4I)[C@@H]13. The van der Waals surface area contributed by atoms with Gasteiger partial charge in [-0.15, -0.1) is 0 Å². The van der Waals surface area contributed by atoms with Gasteiger partial charge >= 0.3 is 0 Å². The maximum Gasteiger partial charge on any atom is 0.0175 e. The highest BCUT2D eigenvalue weighted by molar-refractivity contribution is 14.1. The van der Waals surface area contributed by atoms with Gasteiger partial charge in [0.2, 0.25) is 0 Å². The molecule has 0 radical (unpaired) electrons. The quantitative estimate of drug-likeness (QED) is 0.444. The summed E-state index contributed by atoms with van der Waals surface area (Å²) >= 11 is 5.53. The monoisotopic (exact) mass is 386 g/mol. The molecule has 0 unspecified atom stereocenters. The van der Waals surface area contributed by atoms with Gasteiger partial charge in [0.15, 0.2) is 0 Å². The summed E-state index contributed by atoms with van der Waals surface area (Å²) in [6.45, 7) is 0. The zero-order valence-electron chi connectivity index (χ0n) is 6.79. The van der Waals surface area contributed by atoms with E-state index in [0.29, 0.717) is 0 Å². The van der Waals surface area contributed by atoms with Crippen LogP contribution in [0.4, 0.5) is 0 Å². The number of alkyl halides is 2. The molecule has 0 aromatic rings. The second kappa shape index (κ2) is 2.17. The van der Waals surface area contributed by atoms with Crippen molar-refractivity contribution in [2.24, 2.45) is 35.5 Å².